The van der Waals surface area contributed by atoms with Gasteiger partial charge in [0.2, 0.25) is 5.95 Å². The number of aliphatic hydroxyl groups excluding tert-OH is 1. The maximum atomic E-state index is 12.9. The molecule has 0 saturated heterocycles. The van der Waals surface area contributed by atoms with Crippen molar-refractivity contribution in [2.75, 3.05) is 6.54 Å². The van der Waals surface area contributed by atoms with Crippen molar-refractivity contribution < 1.29 is 14.3 Å². The molecule has 0 aliphatic rings. The summed E-state index contributed by atoms with van der Waals surface area (Å²) in [6.07, 6.45) is -0.807. The van der Waals surface area contributed by atoms with E-state index in [-0.39, 0.29) is 12.2 Å². The van der Waals surface area contributed by atoms with Crippen LogP contribution in [0.3, 0.4) is 0 Å². The fraction of sp³-hybridized carbons (Fsp3) is 0.143. The molecule has 1 aromatic heterocycles. The number of rotatable bonds is 4. The first-order valence-electron chi connectivity index (χ1n) is 5.80. The topological polar surface area (TPSA) is 62.2 Å². The standard InChI is InChI=1S/C14H13FN2O2/c15-13-8-4-7-11(17-13)14(19)16-9-12(18)10-5-2-1-3-6-10/h1-8,12,18H,9H2,(H,16,19). The second-order valence-electron chi connectivity index (χ2n) is 3.98. The number of pyridine rings is 1. The van der Waals surface area contributed by atoms with Gasteiger partial charge in [0.25, 0.3) is 5.91 Å². The summed E-state index contributed by atoms with van der Waals surface area (Å²) >= 11 is 0. The zero-order chi connectivity index (χ0) is 13.7. The molecule has 5 heteroatoms. The van der Waals surface area contributed by atoms with Gasteiger partial charge in [0, 0.05) is 6.54 Å². The monoisotopic (exact) mass is 260 g/mol. The number of amides is 1. The lowest BCUT2D eigenvalue weighted by Gasteiger charge is -2.11. The number of nitrogens with zero attached hydrogens (tertiary/aromatic N) is 1. The Bertz CT molecular complexity index is 560. The number of hydrogen-bond donors (Lipinski definition) is 2. The summed E-state index contributed by atoms with van der Waals surface area (Å²) in [5, 5.41) is 12.4. The number of benzene rings is 1. The van der Waals surface area contributed by atoms with Crippen molar-refractivity contribution in [3.63, 3.8) is 0 Å². The van der Waals surface area contributed by atoms with Crippen LogP contribution < -0.4 is 5.32 Å². The van der Waals surface area contributed by atoms with Crippen LogP contribution in [0.4, 0.5) is 4.39 Å². The molecule has 2 rings (SSSR count). The van der Waals surface area contributed by atoms with Crippen molar-refractivity contribution in [2.24, 2.45) is 0 Å². The summed E-state index contributed by atoms with van der Waals surface area (Å²) in [5.41, 5.74) is 0.690. The van der Waals surface area contributed by atoms with E-state index >= 15 is 0 Å². The van der Waals surface area contributed by atoms with Gasteiger partial charge in [-0.2, -0.15) is 4.39 Å². The van der Waals surface area contributed by atoms with Crippen molar-refractivity contribution in [3.8, 4) is 0 Å². The lowest BCUT2D eigenvalue weighted by molar-refractivity contribution is 0.0910. The third kappa shape index (κ3) is 3.59. The highest BCUT2D eigenvalue weighted by atomic mass is 19.1. The normalized spacial score (nSPS) is 11.9. The molecule has 2 aromatic rings. The number of nitrogens with one attached hydrogen (secondary N) is 1. The molecule has 1 aromatic carbocycles. The van der Waals surface area contributed by atoms with E-state index in [4.69, 9.17) is 0 Å². The fourth-order valence-electron chi connectivity index (χ4n) is 1.61. The molecule has 98 valence electrons. The molecule has 1 unspecified atom stereocenters. The Kier molecular flexibility index (Phi) is 4.20. The Labute approximate surface area is 109 Å². The van der Waals surface area contributed by atoms with E-state index in [9.17, 15) is 14.3 Å². The highest BCUT2D eigenvalue weighted by molar-refractivity contribution is 5.92. The van der Waals surface area contributed by atoms with Gasteiger partial charge in [-0.3, -0.25) is 4.79 Å². The van der Waals surface area contributed by atoms with Gasteiger partial charge in [-0.1, -0.05) is 36.4 Å². The van der Waals surface area contributed by atoms with E-state index in [1.165, 1.54) is 12.1 Å². The molecular weight excluding hydrogens is 247 g/mol. The Morgan fingerprint density at radius 3 is 2.63 bits per heavy atom. The lowest BCUT2D eigenvalue weighted by Crippen LogP contribution is -2.29. The average molecular weight is 260 g/mol. The summed E-state index contributed by atoms with van der Waals surface area (Å²) in [4.78, 5) is 15.1. The number of aliphatic hydroxyl groups is 1. The van der Waals surface area contributed by atoms with Crippen molar-refractivity contribution in [1.29, 1.82) is 0 Å². The largest absolute Gasteiger partial charge is 0.387 e. The van der Waals surface area contributed by atoms with E-state index in [1.54, 1.807) is 24.3 Å². The molecule has 1 atom stereocenters. The smallest absolute Gasteiger partial charge is 0.270 e. The van der Waals surface area contributed by atoms with Gasteiger partial charge in [-0.25, -0.2) is 4.98 Å². The van der Waals surface area contributed by atoms with Crippen LogP contribution >= 0.6 is 0 Å². The fourth-order valence-corrected chi connectivity index (χ4v) is 1.61. The second-order valence-corrected chi connectivity index (χ2v) is 3.98. The minimum Gasteiger partial charge on any atom is -0.387 e. The summed E-state index contributed by atoms with van der Waals surface area (Å²) < 4.78 is 12.9. The first-order chi connectivity index (χ1) is 9.16. The number of aromatic nitrogens is 1. The van der Waals surface area contributed by atoms with Gasteiger partial charge in [0.1, 0.15) is 5.69 Å². The summed E-state index contributed by atoms with van der Waals surface area (Å²) in [6.45, 7) is 0.0427. The van der Waals surface area contributed by atoms with Crippen LogP contribution in [0.5, 0.6) is 0 Å². The summed E-state index contributed by atoms with van der Waals surface area (Å²) in [5.74, 6) is -1.23. The van der Waals surface area contributed by atoms with E-state index < -0.39 is 18.0 Å². The Balaban J connectivity index is 1.94. The van der Waals surface area contributed by atoms with Gasteiger partial charge in [0.05, 0.1) is 6.10 Å². The van der Waals surface area contributed by atoms with Crippen molar-refractivity contribution in [2.45, 2.75) is 6.10 Å². The molecule has 0 saturated carbocycles. The highest BCUT2D eigenvalue weighted by Gasteiger charge is 2.11. The van der Waals surface area contributed by atoms with Gasteiger partial charge < -0.3 is 10.4 Å². The molecule has 0 fully saturated rings. The third-order valence-corrected chi connectivity index (χ3v) is 2.59. The Morgan fingerprint density at radius 1 is 1.21 bits per heavy atom. The van der Waals surface area contributed by atoms with Crippen molar-refractivity contribution in [1.82, 2.24) is 10.3 Å². The third-order valence-electron chi connectivity index (χ3n) is 2.59. The molecule has 0 bridgehead atoms. The predicted octanol–water partition coefficient (Wildman–Crippen LogP) is 1.68. The summed E-state index contributed by atoms with van der Waals surface area (Å²) in [7, 11) is 0. The van der Waals surface area contributed by atoms with Gasteiger partial charge in [-0.05, 0) is 17.7 Å². The molecule has 0 spiro atoms. The molecule has 1 amide bonds. The number of carbonyl (C=O) groups is 1. The van der Waals surface area contributed by atoms with Crippen LogP contribution in [0.2, 0.25) is 0 Å². The minimum atomic E-state index is -0.807. The lowest BCUT2D eigenvalue weighted by atomic mass is 10.1. The molecule has 2 N–H and O–H groups in total. The molecule has 0 aliphatic heterocycles. The van der Waals surface area contributed by atoms with Crippen LogP contribution in [0.25, 0.3) is 0 Å². The van der Waals surface area contributed by atoms with Gasteiger partial charge in [0.15, 0.2) is 0 Å². The van der Waals surface area contributed by atoms with E-state index in [2.05, 4.69) is 10.3 Å². The van der Waals surface area contributed by atoms with Gasteiger partial charge >= 0.3 is 0 Å². The minimum absolute atomic E-state index is 0.0136. The van der Waals surface area contributed by atoms with Crippen molar-refractivity contribution >= 4 is 5.91 Å². The second kappa shape index (κ2) is 6.06. The maximum absolute atomic E-state index is 12.9. The SMILES string of the molecule is O=C(NCC(O)c1ccccc1)c1cccc(F)n1. The number of hydrogen-bond acceptors (Lipinski definition) is 3. The Hall–Kier alpha value is -2.27. The molecule has 0 aliphatic carbocycles. The highest BCUT2D eigenvalue weighted by Crippen LogP contribution is 2.10. The van der Waals surface area contributed by atoms with Crippen LogP contribution in [-0.2, 0) is 0 Å². The molecule has 4 nitrogen and oxygen atoms in total. The van der Waals surface area contributed by atoms with Crippen molar-refractivity contribution in [3.05, 3.63) is 65.7 Å². The zero-order valence-corrected chi connectivity index (χ0v) is 10.1. The predicted molar refractivity (Wildman–Crippen MR) is 67.9 cm³/mol. The van der Waals surface area contributed by atoms with Crippen LogP contribution in [0.15, 0.2) is 48.5 Å². The molecule has 1 heterocycles. The van der Waals surface area contributed by atoms with E-state index in [0.717, 1.165) is 6.07 Å². The average Bonchev–Trinajstić information content (AvgIpc) is 2.45. The zero-order valence-electron chi connectivity index (χ0n) is 10.1. The van der Waals surface area contributed by atoms with E-state index in [1.807, 2.05) is 6.07 Å². The maximum Gasteiger partial charge on any atom is 0.270 e. The number of carbonyl (C=O) groups excluding carboxylic acids is 1. The van der Waals surface area contributed by atoms with Crippen LogP contribution in [-0.4, -0.2) is 22.5 Å². The first kappa shape index (κ1) is 13.2. The van der Waals surface area contributed by atoms with Gasteiger partial charge in [-0.15, -0.1) is 0 Å². The first-order valence-corrected chi connectivity index (χ1v) is 5.80. The van der Waals surface area contributed by atoms with E-state index in [0.29, 0.717) is 5.56 Å². The molecule has 19 heavy (non-hydrogen) atoms. The van der Waals surface area contributed by atoms with Crippen LogP contribution in [0, 0.1) is 5.95 Å². The molecular formula is C14H13FN2O2. The quantitative estimate of drug-likeness (QED) is 0.822. The number of halogens is 1. The Morgan fingerprint density at radius 2 is 1.95 bits per heavy atom. The summed E-state index contributed by atoms with van der Waals surface area (Å²) in [6, 6.07) is 12.9. The van der Waals surface area contributed by atoms with Crippen LogP contribution in [0.1, 0.15) is 22.2 Å². The molecule has 0 radical (unpaired) electrons.